The number of thiazole rings is 1. The molecule has 4 aromatic rings. The van der Waals surface area contributed by atoms with Crippen molar-refractivity contribution in [3.63, 3.8) is 0 Å². The number of aromatic nitrogens is 1. The van der Waals surface area contributed by atoms with Crippen LogP contribution in [0.4, 0.5) is 4.79 Å². The third-order valence-corrected chi connectivity index (χ3v) is 8.66. The minimum Gasteiger partial charge on any atom is -0.295 e. The van der Waals surface area contributed by atoms with Crippen molar-refractivity contribution < 1.29 is 4.79 Å². The van der Waals surface area contributed by atoms with E-state index in [0.29, 0.717) is 9.33 Å². The lowest BCUT2D eigenvalue weighted by Crippen LogP contribution is -2.67. The van der Waals surface area contributed by atoms with E-state index < -0.39 is 11.3 Å². The molecule has 0 radical (unpaired) electrons. The standard InChI is InChI=1S/C27H22BrN5O2S/c1-31-25(35)32(2)27(20-14-7-4-8-15-20)26(31,19-12-5-3-6-13-19)29-24-33(30-27)23(34)22(36-24)17-18-11-9-10-16-21(18)28/h3-17,30H,1-2H3/b22-17-/t26-,27+/m0/s1. The second-order valence-corrected chi connectivity index (χ2v) is 10.7. The molecule has 6 rings (SSSR count). The van der Waals surface area contributed by atoms with E-state index in [0.717, 1.165) is 21.2 Å². The Kier molecular flexibility index (Phi) is 5.17. The van der Waals surface area contributed by atoms with Crippen LogP contribution in [0, 0.1) is 0 Å². The number of carbonyl (C=O) groups excluding carboxylic acids is 1. The van der Waals surface area contributed by atoms with E-state index in [2.05, 4.69) is 21.4 Å². The minimum atomic E-state index is -1.18. The second-order valence-electron chi connectivity index (χ2n) is 8.79. The Labute approximate surface area is 219 Å². The van der Waals surface area contributed by atoms with Crippen LogP contribution in [0.2, 0.25) is 0 Å². The average molecular weight is 560 g/mol. The van der Waals surface area contributed by atoms with E-state index >= 15 is 0 Å². The zero-order chi connectivity index (χ0) is 25.1. The molecule has 2 atom stereocenters. The average Bonchev–Trinajstić information content (AvgIpc) is 3.30. The summed E-state index contributed by atoms with van der Waals surface area (Å²) < 4.78 is 2.91. The number of rotatable bonds is 3. The number of benzene rings is 3. The van der Waals surface area contributed by atoms with Gasteiger partial charge in [0.15, 0.2) is 0 Å². The fourth-order valence-electron chi connectivity index (χ4n) is 5.25. The quantitative estimate of drug-likeness (QED) is 0.418. The van der Waals surface area contributed by atoms with Gasteiger partial charge in [0, 0.05) is 29.7 Å². The van der Waals surface area contributed by atoms with Crippen LogP contribution < -0.4 is 20.3 Å². The van der Waals surface area contributed by atoms with Crippen molar-refractivity contribution in [2.24, 2.45) is 4.99 Å². The molecule has 9 heteroatoms. The maximum absolute atomic E-state index is 13.7. The van der Waals surface area contributed by atoms with Crippen molar-refractivity contribution in [2.45, 2.75) is 11.3 Å². The molecule has 1 aromatic heterocycles. The summed E-state index contributed by atoms with van der Waals surface area (Å²) in [5.74, 6) is 0. The number of carbonyl (C=O) groups is 1. The fourth-order valence-corrected chi connectivity index (χ4v) is 6.61. The van der Waals surface area contributed by atoms with Gasteiger partial charge in [-0.05, 0) is 17.7 Å². The lowest BCUT2D eigenvalue weighted by Gasteiger charge is -2.49. The number of fused-ring (bicyclic) bond motifs is 2. The molecule has 0 unspecified atom stereocenters. The van der Waals surface area contributed by atoms with E-state index in [-0.39, 0.29) is 11.6 Å². The summed E-state index contributed by atoms with van der Waals surface area (Å²) in [6.07, 6.45) is 1.86. The topological polar surface area (TPSA) is 69.9 Å². The summed E-state index contributed by atoms with van der Waals surface area (Å²) in [5, 5.41) is 0. The highest BCUT2D eigenvalue weighted by atomic mass is 79.9. The minimum absolute atomic E-state index is 0.206. The highest BCUT2D eigenvalue weighted by Crippen LogP contribution is 2.53. The van der Waals surface area contributed by atoms with Gasteiger partial charge in [0.25, 0.3) is 5.56 Å². The molecule has 3 aromatic carbocycles. The van der Waals surface area contributed by atoms with Gasteiger partial charge in [-0.3, -0.25) is 20.0 Å². The molecular formula is C27H22BrN5O2S. The molecule has 2 aliphatic heterocycles. The first kappa shape index (κ1) is 22.8. The van der Waals surface area contributed by atoms with Gasteiger partial charge in [-0.25, -0.2) is 9.79 Å². The molecule has 0 saturated carbocycles. The van der Waals surface area contributed by atoms with Gasteiger partial charge in [-0.15, -0.1) is 0 Å². The predicted molar refractivity (Wildman–Crippen MR) is 144 cm³/mol. The summed E-state index contributed by atoms with van der Waals surface area (Å²) in [6.45, 7) is 0. The van der Waals surface area contributed by atoms with Crippen LogP contribution in [-0.2, 0) is 11.3 Å². The Morgan fingerprint density at radius 2 is 1.47 bits per heavy atom. The lowest BCUT2D eigenvalue weighted by molar-refractivity contribution is 0.0648. The maximum Gasteiger partial charge on any atom is 0.324 e. The highest BCUT2D eigenvalue weighted by Gasteiger charge is 2.69. The third-order valence-electron chi connectivity index (χ3n) is 6.96. The summed E-state index contributed by atoms with van der Waals surface area (Å²) in [7, 11) is 3.51. The molecule has 0 bridgehead atoms. The SMILES string of the molecule is CN1C(=O)N(C)[C@]2(c3ccccc3)N=c3s/c(=C\c4ccccc4Br)c(=O)n3N[C@]12c1ccccc1. The van der Waals surface area contributed by atoms with Crippen LogP contribution >= 0.6 is 27.3 Å². The van der Waals surface area contributed by atoms with Gasteiger partial charge in [-0.1, -0.05) is 106 Å². The van der Waals surface area contributed by atoms with Crippen molar-refractivity contribution >= 4 is 39.4 Å². The Morgan fingerprint density at radius 1 is 0.861 bits per heavy atom. The number of halogens is 1. The van der Waals surface area contributed by atoms with Crippen molar-refractivity contribution in [1.29, 1.82) is 0 Å². The second kappa shape index (κ2) is 8.18. The molecule has 3 heterocycles. The van der Waals surface area contributed by atoms with Gasteiger partial charge < -0.3 is 0 Å². The first-order chi connectivity index (χ1) is 17.4. The Balaban J connectivity index is 1.72. The molecule has 1 saturated heterocycles. The molecule has 1 N–H and O–H groups in total. The number of hydrogen-bond donors (Lipinski definition) is 1. The Morgan fingerprint density at radius 3 is 2.14 bits per heavy atom. The van der Waals surface area contributed by atoms with Gasteiger partial charge >= 0.3 is 6.03 Å². The fraction of sp³-hybridized carbons (Fsp3) is 0.148. The first-order valence-corrected chi connectivity index (χ1v) is 13.0. The molecule has 180 valence electrons. The van der Waals surface area contributed by atoms with Gasteiger partial charge in [0.2, 0.25) is 16.1 Å². The number of urea groups is 1. The third kappa shape index (κ3) is 2.93. The van der Waals surface area contributed by atoms with Crippen LogP contribution in [0.15, 0.2) is 99.2 Å². The van der Waals surface area contributed by atoms with Crippen molar-refractivity contribution in [2.75, 3.05) is 19.5 Å². The first-order valence-electron chi connectivity index (χ1n) is 11.4. The smallest absolute Gasteiger partial charge is 0.295 e. The van der Waals surface area contributed by atoms with Crippen LogP contribution in [-0.4, -0.2) is 34.6 Å². The zero-order valence-electron chi connectivity index (χ0n) is 19.6. The van der Waals surface area contributed by atoms with E-state index in [1.165, 1.54) is 16.0 Å². The van der Waals surface area contributed by atoms with Crippen molar-refractivity contribution in [3.8, 4) is 0 Å². The van der Waals surface area contributed by atoms with Gasteiger partial charge in [0.1, 0.15) is 0 Å². The summed E-state index contributed by atoms with van der Waals surface area (Å²) in [6, 6.07) is 27.0. The normalized spacial score (nSPS) is 23.2. The molecule has 7 nitrogen and oxygen atoms in total. The van der Waals surface area contributed by atoms with Crippen molar-refractivity contribution in [3.05, 3.63) is 126 Å². The molecule has 36 heavy (non-hydrogen) atoms. The number of likely N-dealkylation sites (N-methyl/N-ethyl adjacent to an activating group) is 2. The Bertz CT molecular complexity index is 1670. The molecular weight excluding hydrogens is 538 g/mol. The van der Waals surface area contributed by atoms with Crippen LogP contribution in [0.25, 0.3) is 6.08 Å². The largest absolute Gasteiger partial charge is 0.324 e. The molecule has 2 aliphatic rings. The summed E-state index contributed by atoms with van der Waals surface area (Å²) in [4.78, 5) is 36.3. The highest BCUT2D eigenvalue weighted by molar-refractivity contribution is 9.10. The van der Waals surface area contributed by atoms with E-state index in [1.54, 1.807) is 23.9 Å². The summed E-state index contributed by atoms with van der Waals surface area (Å²) >= 11 is 4.86. The molecule has 0 spiro atoms. The summed E-state index contributed by atoms with van der Waals surface area (Å²) in [5.41, 5.74) is 3.47. The monoisotopic (exact) mass is 559 g/mol. The Hall–Kier alpha value is -3.69. The number of hydrogen-bond acceptors (Lipinski definition) is 5. The van der Waals surface area contributed by atoms with Crippen LogP contribution in [0.3, 0.4) is 0 Å². The van der Waals surface area contributed by atoms with Crippen molar-refractivity contribution in [1.82, 2.24) is 14.5 Å². The molecule has 2 amide bonds. The van der Waals surface area contributed by atoms with E-state index in [4.69, 9.17) is 4.99 Å². The predicted octanol–water partition coefficient (Wildman–Crippen LogP) is 3.38. The number of nitrogens with zero attached hydrogens (tertiary/aromatic N) is 4. The lowest BCUT2D eigenvalue weighted by atomic mass is 9.80. The molecule has 1 fully saturated rings. The maximum atomic E-state index is 13.7. The molecule has 0 aliphatic carbocycles. The van der Waals surface area contributed by atoms with E-state index in [1.807, 2.05) is 91.0 Å². The number of amides is 2. The zero-order valence-corrected chi connectivity index (χ0v) is 22.0. The van der Waals surface area contributed by atoms with Crippen LogP contribution in [0.1, 0.15) is 16.7 Å². The van der Waals surface area contributed by atoms with Gasteiger partial charge in [0.05, 0.1) is 4.53 Å². The number of nitrogens with one attached hydrogen (secondary N) is 1. The van der Waals surface area contributed by atoms with Gasteiger partial charge in [-0.2, -0.15) is 4.68 Å². The van der Waals surface area contributed by atoms with E-state index in [9.17, 15) is 9.59 Å². The van der Waals surface area contributed by atoms with Crippen LogP contribution in [0.5, 0.6) is 0 Å².